The van der Waals surface area contributed by atoms with Gasteiger partial charge in [-0.3, -0.25) is 4.79 Å². The number of nitrogens with one attached hydrogen (secondary N) is 1. The second-order valence-corrected chi connectivity index (χ2v) is 10.5. The number of fused-ring (bicyclic) bond motifs is 1. The fraction of sp³-hybridized carbons (Fsp3) is 0.250. The third-order valence-electron chi connectivity index (χ3n) is 4.34. The Morgan fingerprint density at radius 3 is 2.62 bits per heavy atom. The van der Waals surface area contributed by atoms with Gasteiger partial charge in [0.2, 0.25) is 0 Å². The summed E-state index contributed by atoms with van der Waals surface area (Å²) in [5.41, 5.74) is 2.18. The Labute approximate surface area is 162 Å². The predicted octanol–water partition coefficient (Wildman–Crippen LogP) is 2.53. The molecule has 0 atom stereocenters. The Kier molecular flexibility index (Phi) is 4.59. The highest BCUT2D eigenvalue weighted by Crippen LogP contribution is 2.29. The molecule has 3 heterocycles. The summed E-state index contributed by atoms with van der Waals surface area (Å²) in [6.07, 6.45) is 1.59. The first-order chi connectivity index (χ1) is 12.4. The zero-order valence-corrected chi connectivity index (χ0v) is 16.8. The molecule has 0 unspecified atom stereocenters. The van der Waals surface area contributed by atoms with E-state index in [9.17, 15) is 13.2 Å². The van der Waals surface area contributed by atoms with Crippen LogP contribution in [0.15, 0.2) is 44.7 Å². The summed E-state index contributed by atoms with van der Waals surface area (Å²) in [4.78, 5) is 21.5. The van der Waals surface area contributed by atoms with Crippen molar-refractivity contribution < 1.29 is 13.2 Å². The first-order valence-corrected chi connectivity index (χ1v) is 11.0. The van der Waals surface area contributed by atoms with Gasteiger partial charge in [-0.1, -0.05) is 0 Å². The summed E-state index contributed by atoms with van der Waals surface area (Å²) in [5, 5.41) is 0. The van der Waals surface area contributed by atoms with Crippen LogP contribution in [0, 0.1) is 0 Å². The molecule has 1 fully saturated rings. The first-order valence-electron chi connectivity index (χ1n) is 7.93. The van der Waals surface area contributed by atoms with Gasteiger partial charge < -0.3 is 9.88 Å². The Morgan fingerprint density at radius 2 is 1.92 bits per heavy atom. The number of rotatable bonds is 3. The van der Waals surface area contributed by atoms with E-state index < -0.39 is 10.0 Å². The van der Waals surface area contributed by atoms with Crippen LogP contribution < -0.4 is 0 Å². The fourth-order valence-electron chi connectivity index (χ4n) is 2.95. The van der Waals surface area contributed by atoms with E-state index in [4.69, 9.17) is 0 Å². The lowest BCUT2D eigenvalue weighted by Crippen LogP contribution is -2.50. The van der Waals surface area contributed by atoms with E-state index in [1.807, 2.05) is 0 Å². The van der Waals surface area contributed by atoms with Crippen LogP contribution in [0.5, 0.6) is 0 Å². The molecular weight excluding hydrogens is 440 g/mol. The summed E-state index contributed by atoms with van der Waals surface area (Å²) in [7, 11) is -3.51. The molecule has 0 aliphatic carbocycles. The van der Waals surface area contributed by atoms with Crippen molar-refractivity contribution in [1.82, 2.24) is 19.2 Å². The third-order valence-corrected chi connectivity index (χ3v) is 8.33. The number of imidazole rings is 1. The lowest BCUT2D eigenvalue weighted by Gasteiger charge is -2.33. The molecular formula is C16H15BrN4O3S2. The molecule has 0 saturated carbocycles. The van der Waals surface area contributed by atoms with E-state index >= 15 is 0 Å². The van der Waals surface area contributed by atoms with E-state index in [0.717, 1.165) is 14.8 Å². The smallest absolute Gasteiger partial charge is 0.254 e. The molecule has 0 spiro atoms. The summed E-state index contributed by atoms with van der Waals surface area (Å²) in [5.74, 6) is -0.0996. The molecule has 1 saturated heterocycles. The van der Waals surface area contributed by atoms with Gasteiger partial charge in [-0.25, -0.2) is 13.4 Å². The molecule has 0 bridgehead atoms. The Bertz CT molecular complexity index is 1070. The van der Waals surface area contributed by atoms with Gasteiger partial charge in [-0.15, -0.1) is 11.3 Å². The van der Waals surface area contributed by atoms with Crippen LogP contribution in [0.2, 0.25) is 0 Å². The monoisotopic (exact) mass is 454 g/mol. The van der Waals surface area contributed by atoms with Gasteiger partial charge in [0, 0.05) is 31.7 Å². The van der Waals surface area contributed by atoms with Crippen molar-refractivity contribution in [1.29, 1.82) is 0 Å². The van der Waals surface area contributed by atoms with Crippen LogP contribution in [0.3, 0.4) is 0 Å². The van der Waals surface area contributed by atoms with Gasteiger partial charge in [-0.05, 0) is 46.3 Å². The minimum Gasteiger partial charge on any atom is -0.345 e. The number of halogens is 1. The number of aromatic nitrogens is 2. The van der Waals surface area contributed by atoms with Crippen LogP contribution in [-0.2, 0) is 10.0 Å². The summed E-state index contributed by atoms with van der Waals surface area (Å²) < 4.78 is 27.9. The lowest BCUT2D eigenvalue weighted by molar-refractivity contribution is 0.0698. The van der Waals surface area contributed by atoms with Gasteiger partial charge in [0.1, 0.15) is 4.21 Å². The molecule has 136 valence electrons. The molecule has 1 amide bonds. The number of hydrogen-bond acceptors (Lipinski definition) is 5. The van der Waals surface area contributed by atoms with E-state index in [-0.39, 0.29) is 19.0 Å². The standard InChI is InChI=1S/C16H15BrN4O3S2/c17-14-3-4-15(25-14)26(23,24)21-7-5-20(6-8-21)16(22)11-1-2-12-13(9-11)19-10-18-12/h1-4,9-10H,5-8H2,(H,18,19). The molecule has 7 nitrogen and oxygen atoms in total. The highest BCUT2D eigenvalue weighted by Gasteiger charge is 2.31. The number of aromatic amines is 1. The molecule has 10 heteroatoms. The normalized spacial score (nSPS) is 16.3. The number of nitrogens with zero attached hydrogens (tertiary/aromatic N) is 3. The number of piperazine rings is 1. The number of benzene rings is 1. The van der Waals surface area contributed by atoms with Gasteiger partial charge in [0.15, 0.2) is 0 Å². The van der Waals surface area contributed by atoms with Crippen molar-refractivity contribution in [2.24, 2.45) is 0 Å². The number of H-pyrrole nitrogens is 1. The summed E-state index contributed by atoms with van der Waals surface area (Å²) in [6.45, 7) is 1.31. The van der Waals surface area contributed by atoms with Crippen molar-refractivity contribution in [3.05, 3.63) is 46.0 Å². The van der Waals surface area contributed by atoms with E-state index in [1.54, 1.807) is 41.6 Å². The molecule has 1 aromatic carbocycles. The van der Waals surface area contributed by atoms with Crippen LogP contribution >= 0.6 is 27.3 Å². The Hall–Kier alpha value is -1.75. The lowest BCUT2D eigenvalue weighted by atomic mass is 10.1. The molecule has 2 aromatic heterocycles. The second kappa shape index (κ2) is 6.76. The zero-order valence-electron chi connectivity index (χ0n) is 13.6. The van der Waals surface area contributed by atoms with Gasteiger partial charge in [0.25, 0.3) is 15.9 Å². The second-order valence-electron chi connectivity index (χ2n) is 5.89. The molecule has 4 rings (SSSR count). The van der Waals surface area contributed by atoms with Crippen LogP contribution in [0.1, 0.15) is 10.4 Å². The number of hydrogen-bond donors (Lipinski definition) is 1. The average molecular weight is 455 g/mol. The minimum atomic E-state index is -3.51. The maximum Gasteiger partial charge on any atom is 0.254 e. The van der Waals surface area contributed by atoms with Crippen molar-refractivity contribution in [2.75, 3.05) is 26.2 Å². The van der Waals surface area contributed by atoms with Crippen molar-refractivity contribution >= 4 is 54.2 Å². The average Bonchev–Trinajstić information content (AvgIpc) is 3.29. The van der Waals surface area contributed by atoms with Crippen molar-refractivity contribution in [3.63, 3.8) is 0 Å². The largest absolute Gasteiger partial charge is 0.345 e. The van der Waals surface area contributed by atoms with Crippen molar-refractivity contribution in [3.8, 4) is 0 Å². The SMILES string of the molecule is O=C(c1ccc2nc[nH]c2c1)N1CCN(S(=O)(=O)c2ccc(Br)s2)CC1. The fourth-order valence-corrected chi connectivity index (χ4v) is 6.53. The maximum absolute atomic E-state index is 12.7. The molecule has 1 N–H and O–H groups in total. The third kappa shape index (κ3) is 3.18. The Balaban J connectivity index is 1.46. The van der Waals surface area contributed by atoms with Crippen LogP contribution in [0.4, 0.5) is 0 Å². The van der Waals surface area contributed by atoms with E-state index in [1.165, 1.54) is 15.6 Å². The molecule has 0 radical (unpaired) electrons. The molecule has 1 aliphatic rings. The number of sulfonamides is 1. The number of carbonyl (C=O) groups is 1. The van der Waals surface area contributed by atoms with E-state index in [2.05, 4.69) is 25.9 Å². The zero-order chi connectivity index (χ0) is 18.3. The maximum atomic E-state index is 12.7. The first kappa shape index (κ1) is 17.7. The quantitative estimate of drug-likeness (QED) is 0.658. The van der Waals surface area contributed by atoms with E-state index in [0.29, 0.717) is 22.9 Å². The highest BCUT2D eigenvalue weighted by atomic mass is 79.9. The number of amides is 1. The van der Waals surface area contributed by atoms with Gasteiger partial charge in [0.05, 0.1) is 21.1 Å². The molecule has 26 heavy (non-hydrogen) atoms. The number of thiophene rings is 1. The molecule has 3 aromatic rings. The van der Waals surface area contributed by atoms with Crippen molar-refractivity contribution in [2.45, 2.75) is 4.21 Å². The topological polar surface area (TPSA) is 86.4 Å². The summed E-state index contributed by atoms with van der Waals surface area (Å²) >= 11 is 4.48. The summed E-state index contributed by atoms with van der Waals surface area (Å²) in [6, 6.07) is 8.65. The van der Waals surface area contributed by atoms with Gasteiger partial charge >= 0.3 is 0 Å². The van der Waals surface area contributed by atoms with Gasteiger partial charge in [-0.2, -0.15) is 4.31 Å². The molecule has 1 aliphatic heterocycles. The Morgan fingerprint density at radius 1 is 1.15 bits per heavy atom. The van der Waals surface area contributed by atoms with Crippen LogP contribution in [-0.4, -0.2) is 59.7 Å². The minimum absolute atomic E-state index is 0.0996. The number of carbonyl (C=O) groups excluding carboxylic acids is 1. The van der Waals surface area contributed by atoms with Crippen LogP contribution in [0.25, 0.3) is 11.0 Å². The highest BCUT2D eigenvalue weighted by molar-refractivity contribution is 9.11. The predicted molar refractivity (Wildman–Crippen MR) is 103 cm³/mol.